The van der Waals surface area contributed by atoms with E-state index < -0.39 is 17.9 Å². The minimum absolute atomic E-state index is 0.00161. The Morgan fingerprint density at radius 3 is 1.40 bits per heavy atom. The molecule has 8 heteroatoms. The zero-order chi connectivity index (χ0) is 33.2. The van der Waals surface area contributed by atoms with Crippen molar-refractivity contribution in [3.8, 4) is 0 Å². The Kier molecular flexibility index (Phi) is 31.7. The summed E-state index contributed by atoms with van der Waals surface area (Å²) in [6.45, 7) is 4.78. The van der Waals surface area contributed by atoms with E-state index in [0.29, 0.717) is 13.0 Å². The number of aliphatic carboxylic acids is 1. The molecule has 0 heterocycles. The number of ether oxygens (including phenoxy) is 1. The molecular weight excluding hydrogens is 568 g/mol. The number of hydrogen-bond acceptors (Lipinski definition) is 5. The highest BCUT2D eigenvalue weighted by atomic mass is 16.5. The monoisotopic (exact) mass is 639 g/mol. The topological polar surface area (TPSA) is 122 Å². The van der Waals surface area contributed by atoms with E-state index in [1.807, 2.05) is 0 Å². The van der Waals surface area contributed by atoms with Crippen LogP contribution in [-0.2, 0) is 23.9 Å². The minimum Gasteiger partial charge on any atom is -0.481 e. The minimum atomic E-state index is -0.981. The van der Waals surface area contributed by atoms with Crippen LogP contribution >= 0.6 is 0 Å². The first kappa shape index (κ1) is 42.9. The second-order valence-corrected chi connectivity index (χ2v) is 12.9. The lowest BCUT2D eigenvalue weighted by atomic mass is 10.0. The van der Waals surface area contributed by atoms with Crippen LogP contribution < -0.4 is 10.6 Å². The summed E-state index contributed by atoms with van der Waals surface area (Å²) < 4.78 is 5.38. The molecule has 3 N–H and O–H groups in total. The third-order valence-corrected chi connectivity index (χ3v) is 8.42. The Labute approximate surface area is 276 Å². The molecule has 2 amide bonds. The summed E-state index contributed by atoms with van der Waals surface area (Å²) in [7, 11) is 0. The first-order valence-corrected chi connectivity index (χ1v) is 18.8. The molecule has 0 aromatic heterocycles. The second kappa shape index (κ2) is 33.2. The number of carboxylic acids is 1. The van der Waals surface area contributed by atoms with Crippen LogP contribution in [-0.4, -0.2) is 48.1 Å². The van der Waals surface area contributed by atoms with Crippen molar-refractivity contribution in [2.45, 2.75) is 200 Å². The lowest BCUT2D eigenvalue weighted by molar-refractivity contribution is -0.146. The van der Waals surface area contributed by atoms with Gasteiger partial charge in [0.25, 0.3) is 0 Å². The highest BCUT2D eigenvalue weighted by Gasteiger charge is 2.22. The van der Waals surface area contributed by atoms with Crippen LogP contribution in [0, 0.1) is 0 Å². The van der Waals surface area contributed by atoms with Crippen molar-refractivity contribution in [2.75, 3.05) is 13.2 Å². The van der Waals surface area contributed by atoms with Crippen LogP contribution in [0.25, 0.3) is 0 Å². The van der Waals surface area contributed by atoms with Gasteiger partial charge in [-0.25, -0.2) is 0 Å². The highest BCUT2D eigenvalue weighted by molar-refractivity contribution is 5.88. The molecule has 8 nitrogen and oxygen atoms in total. The van der Waals surface area contributed by atoms with Gasteiger partial charge in [-0.3, -0.25) is 19.2 Å². The smallest absolute Gasteiger partial charge is 0.305 e. The van der Waals surface area contributed by atoms with E-state index in [-0.39, 0.29) is 37.7 Å². The van der Waals surface area contributed by atoms with Crippen LogP contribution in [0.2, 0.25) is 0 Å². The Morgan fingerprint density at radius 2 is 0.956 bits per heavy atom. The van der Waals surface area contributed by atoms with Gasteiger partial charge in [0.05, 0.1) is 0 Å². The average molecular weight is 639 g/mol. The number of unbranched alkanes of at least 4 members (excludes halogenated alkanes) is 22. The van der Waals surface area contributed by atoms with Crippen molar-refractivity contribution in [2.24, 2.45) is 0 Å². The van der Waals surface area contributed by atoms with Gasteiger partial charge >= 0.3 is 11.9 Å². The van der Waals surface area contributed by atoms with Gasteiger partial charge in [0, 0.05) is 25.8 Å². The molecule has 0 aromatic rings. The van der Waals surface area contributed by atoms with Crippen molar-refractivity contribution in [3.63, 3.8) is 0 Å². The molecule has 0 saturated carbocycles. The predicted molar refractivity (Wildman–Crippen MR) is 184 cm³/mol. The van der Waals surface area contributed by atoms with Crippen LogP contribution in [0.15, 0.2) is 0 Å². The largest absolute Gasteiger partial charge is 0.481 e. The highest BCUT2D eigenvalue weighted by Crippen LogP contribution is 2.13. The van der Waals surface area contributed by atoms with Gasteiger partial charge in [-0.2, -0.15) is 0 Å². The maximum atomic E-state index is 12.8. The van der Waals surface area contributed by atoms with E-state index in [1.54, 1.807) is 0 Å². The Balaban J connectivity index is 4.20. The number of rotatable bonds is 34. The molecule has 0 aliphatic rings. The van der Waals surface area contributed by atoms with E-state index >= 15 is 0 Å². The van der Waals surface area contributed by atoms with Gasteiger partial charge < -0.3 is 20.5 Å². The van der Waals surface area contributed by atoms with Gasteiger partial charge in [-0.1, -0.05) is 155 Å². The summed E-state index contributed by atoms with van der Waals surface area (Å²) in [5.74, 6) is -2.12. The van der Waals surface area contributed by atoms with Gasteiger partial charge in [0.2, 0.25) is 11.8 Å². The Hall–Kier alpha value is -2.12. The van der Waals surface area contributed by atoms with Crippen LogP contribution in [0.1, 0.15) is 194 Å². The molecule has 45 heavy (non-hydrogen) atoms. The van der Waals surface area contributed by atoms with Gasteiger partial charge in [-0.05, 0) is 19.3 Å². The van der Waals surface area contributed by atoms with Gasteiger partial charge in [0.1, 0.15) is 12.6 Å². The molecule has 0 rings (SSSR count). The van der Waals surface area contributed by atoms with Crippen LogP contribution in [0.5, 0.6) is 0 Å². The fourth-order valence-electron chi connectivity index (χ4n) is 5.51. The molecule has 0 radical (unpaired) electrons. The summed E-state index contributed by atoms with van der Waals surface area (Å²) in [5.41, 5.74) is 0. The summed E-state index contributed by atoms with van der Waals surface area (Å²) in [6, 6.07) is -0.981. The molecule has 0 saturated heterocycles. The van der Waals surface area contributed by atoms with E-state index in [9.17, 15) is 19.2 Å². The number of nitrogens with one attached hydrogen (secondary N) is 2. The summed E-state index contributed by atoms with van der Waals surface area (Å²) in [4.78, 5) is 48.3. The van der Waals surface area contributed by atoms with Crippen molar-refractivity contribution in [1.82, 2.24) is 10.6 Å². The van der Waals surface area contributed by atoms with Crippen molar-refractivity contribution >= 4 is 23.8 Å². The number of hydrogen-bond donors (Lipinski definition) is 3. The molecule has 0 bridgehead atoms. The lowest BCUT2D eigenvalue weighted by Crippen LogP contribution is -2.49. The van der Waals surface area contributed by atoms with Crippen LogP contribution in [0.3, 0.4) is 0 Å². The van der Waals surface area contributed by atoms with Gasteiger partial charge in [0.15, 0.2) is 0 Å². The fourth-order valence-corrected chi connectivity index (χ4v) is 5.51. The number of esters is 1. The van der Waals surface area contributed by atoms with Gasteiger partial charge in [-0.15, -0.1) is 0 Å². The third-order valence-electron chi connectivity index (χ3n) is 8.42. The molecule has 0 aromatic carbocycles. The second-order valence-electron chi connectivity index (χ2n) is 12.9. The molecule has 264 valence electrons. The van der Waals surface area contributed by atoms with E-state index in [0.717, 1.165) is 38.5 Å². The maximum Gasteiger partial charge on any atom is 0.305 e. The van der Waals surface area contributed by atoms with Crippen molar-refractivity contribution < 1.29 is 29.0 Å². The Bertz CT molecular complexity index is 730. The predicted octanol–water partition coefficient (Wildman–Crippen LogP) is 9.18. The number of carboxylic acid groups (broad SMARTS) is 1. The standard InChI is InChI=1S/C37H70N2O6/c1-3-5-7-9-11-13-15-17-19-21-23-25-30-36(43)45-32-33(39-34(40)28-27-29-35(41)42)37(44)38-31-26-24-22-20-18-16-14-12-10-8-6-4-2/h33H,3-32H2,1-2H3,(H,38,44)(H,39,40)(H,41,42). The first-order valence-electron chi connectivity index (χ1n) is 18.8. The normalized spacial score (nSPS) is 11.7. The zero-order valence-corrected chi connectivity index (χ0v) is 29.3. The number of carbonyl (C=O) groups is 4. The fraction of sp³-hybridized carbons (Fsp3) is 0.892. The Morgan fingerprint density at radius 1 is 0.533 bits per heavy atom. The van der Waals surface area contributed by atoms with E-state index in [2.05, 4.69) is 24.5 Å². The summed E-state index contributed by atoms with van der Waals surface area (Å²) in [5, 5.41) is 14.3. The first-order chi connectivity index (χ1) is 21.9. The molecule has 0 spiro atoms. The number of amides is 2. The summed E-state index contributed by atoms with van der Waals surface area (Å²) >= 11 is 0. The van der Waals surface area contributed by atoms with Crippen molar-refractivity contribution in [1.29, 1.82) is 0 Å². The quantitative estimate of drug-likeness (QED) is 0.0477. The lowest BCUT2D eigenvalue weighted by Gasteiger charge is -2.18. The average Bonchev–Trinajstić information content (AvgIpc) is 3.01. The maximum absolute atomic E-state index is 12.8. The number of carbonyl (C=O) groups excluding carboxylic acids is 3. The zero-order valence-electron chi connectivity index (χ0n) is 29.3. The summed E-state index contributed by atoms with van der Waals surface area (Å²) in [6.07, 6.45) is 29.8. The molecule has 1 unspecified atom stereocenters. The molecule has 1 atom stereocenters. The molecular formula is C37H70N2O6. The van der Waals surface area contributed by atoms with E-state index in [4.69, 9.17) is 9.84 Å². The SMILES string of the molecule is CCCCCCCCCCCCCCNC(=O)C(COC(=O)CCCCCCCCCCCCCC)NC(=O)CCCC(=O)O. The van der Waals surface area contributed by atoms with Crippen molar-refractivity contribution in [3.05, 3.63) is 0 Å². The third kappa shape index (κ3) is 31.6. The van der Waals surface area contributed by atoms with Crippen LogP contribution in [0.4, 0.5) is 0 Å². The molecule has 0 aliphatic heterocycles. The molecule has 0 aliphatic carbocycles. The molecule has 0 fully saturated rings. The van der Waals surface area contributed by atoms with E-state index in [1.165, 1.54) is 116 Å².